The van der Waals surface area contributed by atoms with Gasteiger partial charge in [-0.25, -0.2) is 4.79 Å². The highest BCUT2D eigenvalue weighted by Crippen LogP contribution is 2.18. The largest absolute Gasteiger partial charge is 0.395 e. The maximum Gasteiger partial charge on any atom is 0.321 e. The van der Waals surface area contributed by atoms with Gasteiger partial charge >= 0.3 is 6.03 Å². The number of rotatable bonds is 7. The molecular formula is C11H19N3O3. The Kier molecular flexibility index (Phi) is 5.65. The van der Waals surface area contributed by atoms with Gasteiger partial charge in [0.15, 0.2) is 0 Å². The van der Waals surface area contributed by atoms with Crippen molar-refractivity contribution in [2.45, 2.75) is 18.9 Å². The van der Waals surface area contributed by atoms with Crippen molar-refractivity contribution in [1.29, 1.82) is 0 Å². The van der Waals surface area contributed by atoms with Crippen LogP contribution in [0.15, 0.2) is 12.7 Å². The van der Waals surface area contributed by atoms with Gasteiger partial charge in [0.1, 0.15) is 0 Å². The minimum atomic E-state index is -0.444. The Morgan fingerprint density at radius 2 is 2.18 bits per heavy atom. The molecule has 0 unspecified atom stereocenters. The van der Waals surface area contributed by atoms with Crippen LogP contribution < -0.4 is 10.6 Å². The number of carbonyl (C=O) groups excluding carboxylic acids is 2. The Morgan fingerprint density at radius 3 is 2.71 bits per heavy atom. The van der Waals surface area contributed by atoms with Crippen molar-refractivity contribution in [2.24, 2.45) is 0 Å². The molecule has 0 atom stereocenters. The van der Waals surface area contributed by atoms with E-state index in [-0.39, 0.29) is 25.1 Å². The zero-order chi connectivity index (χ0) is 12.7. The predicted octanol–water partition coefficient (Wildman–Crippen LogP) is -0.545. The number of nitrogens with one attached hydrogen (secondary N) is 2. The van der Waals surface area contributed by atoms with E-state index in [1.807, 2.05) is 0 Å². The van der Waals surface area contributed by atoms with Crippen molar-refractivity contribution in [3.8, 4) is 0 Å². The fourth-order valence-corrected chi connectivity index (χ4v) is 1.38. The lowest BCUT2D eigenvalue weighted by Gasteiger charge is -2.18. The number of urea groups is 1. The summed E-state index contributed by atoms with van der Waals surface area (Å²) in [6.07, 6.45) is 3.61. The van der Waals surface area contributed by atoms with Crippen LogP contribution in [0.3, 0.4) is 0 Å². The molecule has 1 aliphatic carbocycles. The lowest BCUT2D eigenvalue weighted by atomic mass is 10.4. The van der Waals surface area contributed by atoms with Gasteiger partial charge in [0.2, 0.25) is 5.91 Å². The summed E-state index contributed by atoms with van der Waals surface area (Å²) in [5.74, 6) is -0.376. The SMILES string of the molecule is C=CCN(CCO)CC(=O)NC(=O)NC1CC1. The standard InChI is InChI=1S/C11H19N3O3/c1-2-5-14(6-7-15)8-10(16)13-11(17)12-9-3-4-9/h2,9,15H,1,3-8H2,(H2,12,13,16,17). The lowest BCUT2D eigenvalue weighted by molar-refractivity contribution is -0.121. The van der Waals surface area contributed by atoms with Gasteiger partial charge < -0.3 is 10.4 Å². The molecule has 0 aliphatic heterocycles. The minimum Gasteiger partial charge on any atom is -0.395 e. The normalized spacial score (nSPS) is 14.5. The van der Waals surface area contributed by atoms with Crippen LogP contribution in [-0.4, -0.2) is 54.2 Å². The molecule has 0 aromatic heterocycles. The molecule has 1 saturated carbocycles. The average molecular weight is 241 g/mol. The van der Waals surface area contributed by atoms with Crippen LogP contribution >= 0.6 is 0 Å². The summed E-state index contributed by atoms with van der Waals surface area (Å²) in [5.41, 5.74) is 0. The summed E-state index contributed by atoms with van der Waals surface area (Å²) in [5, 5.41) is 13.7. The first-order valence-electron chi connectivity index (χ1n) is 5.70. The Hall–Kier alpha value is -1.40. The van der Waals surface area contributed by atoms with Gasteiger partial charge in [0, 0.05) is 19.1 Å². The summed E-state index contributed by atoms with van der Waals surface area (Å²) in [4.78, 5) is 24.5. The molecule has 96 valence electrons. The maximum atomic E-state index is 11.5. The molecule has 0 aromatic rings. The Bertz CT molecular complexity index is 290. The van der Waals surface area contributed by atoms with Crippen LogP contribution in [0, 0.1) is 0 Å². The van der Waals surface area contributed by atoms with Gasteiger partial charge in [-0.05, 0) is 12.8 Å². The third-order valence-corrected chi connectivity index (χ3v) is 2.34. The van der Waals surface area contributed by atoms with E-state index in [9.17, 15) is 9.59 Å². The number of aliphatic hydroxyl groups excluding tert-OH is 1. The number of imide groups is 1. The van der Waals surface area contributed by atoms with Crippen molar-refractivity contribution >= 4 is 11.9 Å². The topological polar surface area (TPSA) is 81.7 Å². The second-order valence-electron chi connectivity index (χ2n) is 4.04. The van der Waals surface area contributed by atoms with E-state index in [4.69, 9.17) is 5.11 Å². The summed E-state index contributed by atoms with van der Waals surface area (Å²) in [6.45, 7) is 4.48. The molecule has 1 aliphatic rings. The first kappa shape index (κ1) is 13.7. The van der Waals surface area contributed by atoms with Crippen LogP contribution in [0.1, 0.15) is 12.8 Å². The molecule has 0 saturated heterocycles. The van der Waals surface area contributed by atoms with E-state index in [2.05, 4.69) is 17.2 Å². The van der Waals surface area contributed by atoms with Gasteiger partial charge in [-0.3, -0.25) is 15.0 Å². The Balaban J connectivity index is 2.24. The molecule has 0 spiro atoms. The summed E-state index contributed by atoms with van der Waals surface area (Å²) in [6, 6.07) is -0.218. The first-order chi connectivity index (χ1) is 8.15. The zero-order valence-electron chi connectivity index (χ0n) is 9.82. The van der Waals surface area contributed by atoms with E-state index in [1.54, 1.807) is 11.0 Å². The fraction of sp³-hybridized carbons (Fsp3) is 0.636. The van der Waals surface area contributed by atoms with Gasteiger partial charge in [-0.2, -0.15) is 0 Å². The monoisotopic (exact) mass is 241 g/mol. The number of carbonyl (C=O) groups is 2. The Labute approximate surface area is 101 Å². The highest BCUT2D eigenvalue weighted by Gasteiger charge is 2.24. The highest BCUT2D eigenvalue weighted by molar-refractivity contribution is 5.95. The van der Waals surface area contributed by atoms with Gasteiger partial charge in [0.05, 0.1) is 13.2 Å². The molecule has 6 nitrogen and oxygen atoms in total. The molecule has 0 aromatic carbocycles. The summed E-state index contributed by atoms with van der Waals surface area (Å²) >= 11 is 0. The van der Waals surface area contributed by atoms with Gasteiger partial charge in [0.25, 0.3) is 0 Å². The number of hydrogen-bond donors (Lipinski definition) is 3. The number of amides is 3. The summed E-state index contributed by atoms with van der Waals surface area (Å²) < 4.78 is 0. The highest BCUT2D eigenvalue weighted by atomic mass is 16.3. The van der Waals surface area contributed by atoms with Crippen molar-refractivity contribution in [2.75, 3.05) is 26.2 Å². The summed E-state index contributed by atoms with van der Waals surface area (Å²) in [7, 11) is 0. The van der Waals surface area contributed by atoms with Crippen LogP contribution in [0.2, 0.25) is 0 Å². The second-order valence-corrected chi connectivity index (χ2v) is 4.04. The van der Waals surface area contributed by atoms with E-state index in [0.29, 0.717) is 13.1 Å². The molecule has 0 radical (unpaired) electrons. The average Bonchev–Trinajstić information content (AvgIpc) is 3.01. The van der Waals surface area contributed by atoms with E-state index >= 15 is 0 Å². The van der Waals surface area contributed by atoms with Crippen molar-refractivity contribution in [1.82, 2.24) is 15.5 Å². The van der Waals surface area contributed by atoms with Crippen LogP contribution in [0.25, 0.3) is 0 Å². The molecule has 3 amide bonds. The molecule has 0 heterocycles. The fourth-order valence-electron chi connectivity index (χ4n) is 1.38. The number of aliphatic hydroxyl groups is 1. The quantitative estimate of drug-likeness (QED) is 0.523. The van der Waals surface area contributed by atoms with Crippen molar-refractivity contribution < 1.29 is 14.7 Å². The van der Waals surface area contributed by atoms with Crippen LogP contribution in [0.5, 0.6) is 0 Å². The number of nitrogens with zero attached hydrogens (tertiary/aromatic N) is 1. The maximum absolute atomic E-state index is 11.5. The third-order valence-electron chi connectivity index (χ3n) is 2.34. The smallest absolute Gasteiger partial charge is 0.321 e. The van der Waals surface area contributed by atoms with Gasteiger partial charge in [-0.15, -0.1) is 6.58 Å². The molecular weight excluding hydrogens is 222 g/mol. The van der Waals surface area contributed by atoms with Crippen LogP contribution in [-0.2, 0) is 4.79 Å². The zero-order valence-corrected chi connectivity index (χ0v) is 9.82. The predicted molar refractivity (Wildman–Crippen MR) is 63.4 cm³/mol. The van der Waals surface area contributed by atoms with Crippen molar-refractivity contribution in [3.63, 3.8) is 0 Å². The Morgan fingerprint density at radius 1 is 1.47 bits per heavy atom. The van der Waals surface area contributed by atoms with E-state index in [0.717, 1.165) is 12.8 Å². The first-order valence-corrected chi connectivity index (χ1v) is 5.70. The van der Waals surface area contributed by atoms with Gasteiger partial charge in [-0.1, -0.05) is 6.08 Å². The minimum absolute atomic E-state index is 0.0324. The van der Waals surface area contributed by atoms with Crippen molar-refractivity contribution in [3.05, 3.63) is 12.7 Å². The third kappa shape index (κ3) is 6.03. The molecule has 17 heavy (non-hydrogen) atoms. The molecule has 1 fully saturated rings. The van der Waals surface area contributed by atoms with E-state index in [1.165, 1.54) is 0 Å². The second kappa shape index (κ2) is 7.03. The molecule has 1 rings (SSSR count). The van der Waals surface area contributed by atoms with E-state index < -0.39 is 6.03 Å². The molecule has 6 heteroatoms. The lowest BCUT2D eigenvalue weighted by Crippen LogP contribution is -2.45. The van der Waals surface area contributed by atoms with Crippen LogP contribution in [0.4, 0.5) is 4.79 Å². The molecule has 0 bridgehead atoms. The molecule has 3 N–H and O–H groups in total. The number of hydrogen-bond acceptors (Lipinski definition) is 4.